The van der Waals surface area contributed by atoms with Gasteiger partial charge in [0.05, 0.1) is 16.1 Å². The van der Waals surface area contributed by atoms with Gasteiger partial charge in [-0.25, -0.2) is 0 Å². The van der Waals surface area contributed by atoms with Gasteiger partial charge in [-0.2, -0.15) is 0 Å². The fraction of sp³-hybridized carbons (Fsp3) is 0. The summed E-state index contributed by atoms with van der Waals surface area (Å²) in [4.78, 5) is 14.9. The number of aromatic amines is 1. The van der Waals surface area contributed by atoms with Gasteiger partial charge in [0.15, 0.2) is 5.69 Å². The lowest BCUT2D eigenvalue weighted by molar-refractivity contribution is 0.0995. The van der Waals surface area contributed by atoms with Crippen LogP contribution in [0.25, 0.3) is 10.9 Å². The van der Waals surface area contributed by atoms with Crippen molar-refractivity contribution in [2.75, 3.05) is 0 Å². The summed E-state index contributed by atoms with van der Waals surface area (Å²) in [6, 6.07) is 10.2. The number of hydrogen-bond acceptors (Lipinski definition) is 3. The van der Waals surface area contributed by atoms with Crippen molar-refractivity contribution in [1.29, 1.82) is 0 Å². The summed E-state index contributed by atoms with van der Waals surface area (Å²) in [6.45, 7) is 0. The molecule has 0 saturated heterocycles. The number of nitrogens with zero attached hydrogens (tertiary/aromatic N) is 2. The highest BCUT2D eigenvalue weighted by atomic mass is 79.9. The lowest BCUT2D eigenvalue weighted by atomic mass is 10.2. The number of H-pyrrole nitrogens is 1. The van der Waals surface area contributed by atoms with Crippen molar-refractivity contribution in [3.05, 3.63) is 55.9 Å². The van der Waals surface area contributed by atoms with Crippen LogP contribution in [-0.4, -0.2) is 16.0 Å². The minimum atomic E-state index is -0.585. The number of hydrogen-bond donors (Lipinski definition) is 2. The molecule has 0 atom stereocenters. The first-order valence-corrected chi connectivity index (χ1v) is 8.34. The number of carbonyl (C=O) groups excluding carboxylic acids is 1. The molecule has 2 aromatic carbocycles. The molecule has 0 spiro atoms. The average Bonchev–Trinajstić information content (AvgIpc) is 2.81. The lowest BCUT2D eigenvalue weighted by Crippen LogP contribution is -1.94. The highest BCUT2D eigenvalue weighted by molar-refractivity contribution is 9.11. The van der Waals surface area contributed by atoms with Gasteiger partial charge < -0.3 is 10.1 Å². The number of benzene rings is 2. The molecule has 5 nitrogen and oxygen atoms in total. The van der Waals surface area contributed by atoms with Crippen LogP contribution in [0.5, 0.6) is 5.88 Å². The zero-order chi connectivity index (χ0) is 16.6. The summed E-state index contributed by atoms with van der Waals surface area (Å²) in [5, 5.41) is 18.5. The van der Waals surface area contributed by atoms with Crippen LogP contribution in [0.1, 0.15) is 10.4 Å². The van der Waals surface area contributed by atoms with Crippen LogP contribution in [-0.2, 0) is 0 Å². The second-order valence-electron chi connectivity index (χ2n) is 4.62. The maximum absolute atomic E-state index is 12.1. The molecule has 3 aromatic rings. The monoisotopic (exact) mass is 455 g/mol. The number of amides is 1. The Labute approximate surface area is 152 Å². The van der Waals surface area contributed by atoms with Gasteiger partial charge in [0.1, 0.15) is 0 Å². The van der Waals surface area contributed by atoms with E-state index in [1.165, 1.54) is 0 Å². The van der Waals surface area contributed by atoms with Crippen LogP contribution in [0.4, 0.5) is 5.69 Å². The number of aromatic nitrogens is 1. The largest absolute Gasteiger partial charge is 0.493 e. The average molecular weight is 458 g/mol. The Morgan fingerprint density at radius 1 is 1.22 bits per heavy atom. The number of aromatic hydroxyl groups is 1. The fourth-order valence-electron chi connectivity index (χ4n) is 2.08. The number of halogens is 3. The van der Waals surface area contributed by atoms with Crippen LogP contribution in [0.2, 0.25) is 5.02 Å². The Balaban J connectivity index is 2.03. The van der Waals surface area contributed by atoms with Gasteiger partial charge in [-0.3, -0.25) is 4.79 Å². The van der Waals surface area contributed by atoms with E-state index in [9.17, 15) is 9.90 Å². The molecule has 116 valence electrons. The fourth-order valence-corrected chi connectivity index (χ4v) is 3.62. The number of fused-ring (bicyclic) bond motifs is 1. The molecule has 0 fully saturated rings. The van der Waals surface area contributed by atoms with Crippen molar-refractivity contribution in [1.82, 2.24) is 4.98 Å². The van der Waals surface area contributed by atoms with Gasteiger partial charge in [-0.05, 0) is 40.2 Å². The van der Waals surface area contributed by atoms with Crippen LogP contribution < -0.4 is 0 Å². The molecule has 2 N–H and O–H groups in total. The summed E-state index contributed by atoms with van der Waals surface area (Å²) < 4.78 is 1.54. The Morgan fingerprint density at radius 3 is 2.70 bits per heavy atom. The smallest absolute Gasteiger partial charge is 0.296 e. The number of nitrogens with one attached hydrogen (secondary N) is 1. The maximum atomic E-state index is 12.1. The van der Waals surface area contributed by atoms with E-state index in [-0.39, 0.29) is 17.1 Å². The molecule has 3 rings (SSSR count). The molecular formula is C15H8Br2ClN3O2. The van der Waals surface area contributed by atoms with E-state index in [0.29, 0.717) is 15.9 Å². The van der Waals surface area contributed by atoms with Gasteiger partial charge >= 0.3 is 0 Å². The van der Waals surface area contributed by atoms with E-state index >= 15 is 0 Å². The molecule has 0 saturated carbocycles. The summed E-state index contributed by atoms with van der Waals surface area (Å²) in [5.74, 6) is -0.757. The van der Waals surface area contributed by atoms with E-state index in [2.05, 4.69) is 47.1 Å². The third kappa shape index (κ3) is 3.17. The first kappa shape index (κ1) is 16.2. The molecule has 1 amide bonds. The van der Waals surface area contributed by atoms with E-state index in [0.717, 1.165) is 8.95 Å². The predicted molar refractivity (Wildman–Crippen MR) is 95.7 cm³/mol. The van der Waals surface area contributed by atoms with Gasteiger partial charge in [-0.1, -0.05) is 39.7 Å². The summed E-state index contributed by atoms with van der Waals surface area (Å²) in [5.41, 5.74) is 1.09. The predicted octanol–water partition coefficient (Wildman–Crippen LogP) is 5.98. The minimum absolute atomic E-state index is 0.172. The number of carbonyl (C=O) groups is 1. The second-order valence-corrected chi connectivity index (χ2v) is 6.79. The maximum Gasteiger partial charge on any atom is 0.296 e. The molecule has 0 radical (unpaired) electrons. The molecule has 8 heteroatoms. The van der Waals surface area contributed by atoms with Crippen molar-refractivity contribution < 1.29 is 9.90 Å². The van der Waals surface area contributed by atoms with Crippen molar-refractivity contribution in [3.8, 4) is 5.88 Å². The topological polar surface area (TPSA) is 77.8 Å². The molecule has 0 aliphatic carbocycles. The minimum Gasteiger partial charge on any atom is -0.493 e. The number of rotatable bonds is 2. The molecule has 1 heterocycles. The van der Waals surface area contributed by atoms with Crippen molar-refractivity contribution in [2.24, 2.45) is 10.2 Å². The molecule has 0 aliphatic heterocycles. The third-order valence-electron chi connectivity index (χ3n) is 3.12. The van der Waals surface area contributed by atoms with Crippen LogP contribution in [0, 0.1) is 0 Å². The Hall–Kier alpha value is -1.70. The van der Waals surface area contributed by atoms with Crippen molar-refractivity contribution >= 4 is 66.0 Å². The SMILES string of the molecule is O=C(N=Nc1c(O)[nH]c2c(Br)cc(Br)cc12)c1ccccc1Cl. The van der Waals surface area contributed by atoms with Crippen molar-refractivity contribution in [2.45, 2.75) is 0 Å². The Bertz CT molecular complexity index is 953. The molecule has 0 aliphatic rings. The molecule has 0 bridgehead atoms. The molecule has 23 heavy (non-hydrogen) atoms. The lowest BCUT2D eigenvalue weighted by Gasteiger charge is -1.98. The normalized spacial score (nSPS) is 11.4. The van der Waals surface area contributed by atoms with E-state index in [1.54, 1.807) is 30.3 Å². The first-order chi connectivity index (χ1) is 11.0. The zero-order valence-electron chi connectivity index (χ0n) is 11.3. The standard InChI is InChI=1S/C15H8Br2ClN3O2/c16-7-5-9-12(10(17)6-7)19-15(23)13(9)20-21-14(22)8-3-1-2-4-11(8)18/h1-6,19,23H. The Kier molecular flexibility index (Phi) is 4.52. The zero-order valence-corrected chi connectivity index (χ0v) is 15.3. The quantitative estimate of drug-likeness (QED) is 0.465. The molecule has 1 aromatic heterocycles. The van der Waals surface area contributed by atoms with Crippen LogP contribution >= 0.6 is 43.5 Å². The van der Waals surface area contributed by atoms with Gasteiger partial charge in [0.25, 0.3) is 5.91 Å². The highest BCUT2D eigenvalue weighted by Gasteiger charge is 2.15. The van der Waals surface area contributed by atoms with E-state index in [4.69, 9.17) is 11.6 Å². The highest BCUT2D eigenvalue weighted by Crippen LogP contribution is 2.40. The summed E-state index contributed by atoms with van der Waals surface area (Å²) in [7, 11) is 0. The number of azo groups is 1. The van der Waals surface area contributed by atoms with E-state index in [1.807, 2.05) is 6.07 Å². The van der Waals surface area contributed by atoms with E-state index < -0.39 is 5.91 Å². The Morgan fingerprint density at radius 2 is 1.96 bits per heavy atom. The van der Waals surface area contributed by atoms with Gasteiger partial charge in [0.2, 0.25) is 5.88 Å². The molecular weight excluding hydrogens is 449 g/mol. The summed E-state index contributed by atoms with van der Waals surface area (Å²) >= 11 is 12.7. The molecule has 0 unspecified atom stereocenters. The van der Waals surface area contributed by atoms with Crippen LogP contribution in [0.3, 0.4) is 0 Å². The van der Waals surface area contributed by atoms with Crippen LogP contribution in [0.15, 0.2) is 55.6 Å². The van der Waals surface area contributed by atoms with Crippen molar-refractivity contribution in [3.63, 3.8) is 0 Å². The van der Waals surface area contributed by atoms with Gasteiger partial charge in [-0.15, -0.1) is 10.2 Å². The third-order valence-corrected chi connectivity index (χ3v) is 4.54. The first-order valence-electron chi connectivity index (χ1n) is 6.37. The summed E-state index contributed by atoms with van der Waals surface area (Å²) in [6.07, 6.45) is 0. The second kappa shape index (κ2) is 6.43. The van der Waals surface area contributed by atoms with Gasteiger partial charge in [0, 0.05) is 14.3 Å².